The van der Waals surface area contributed by atoms with Crippen molar-refractivity contribution in [2.24, 2.45) is 7.05 Å². The van der Waals surface area contributed by atoms with E-state index in [1.54, 1.807) is 10.9 Å². The number of amides is 1. The van der Waals surface area contributed by atoms with E-state index in [9.17, 15) is 9.90 Å². The molecule has 19 heavy (non-hydrogen) atoms. The highest BCUT2D eigenvalue weighted by Gasteiger charge is 2.31. The molecule has 1 aliphatic rings. The number of hydrogen-bond donors (Lipinski definition) is 2. The summed E-state index contributed by atoms with van der Waals surface area (Å²) >= 11 is 0. The fraction of sp³-hybridized carbons (Fsp3) is 0.714. The lowest BCUT2D eigenvalue weighted by Crippen LogP contribution is -2.38. The number of carbonyl (C=O) groups excluding carboxylic acids is 1. The molecule has 2 N–H and O–H groups in total. The molecule has 0 bridgehead atoms. The zero-order chi connectivity index (χ0) is 13.9. The quantitative estimate of drug-likeness (QED) is 0.865. The van der Waals surface area contributed by atoms with Crippen LogP contribution in [0.1, 0.15) is 49.8 Å². The van der Waals surface area contributed by atoms with Crippen molar-refractivity contribution in [2.45, 2.75) is 57.6 Å². The van der Waals surface area contributed by atoms with Gasteiger partial charge in [0.1, 0.15) is 0 Å². The maximum Gasteiger partial charge on any atom is 0.223 e. The molecule has 2 rings (SSSR count). The summed E-state index contributed by atoms with van der Waals surface area (Å²) in [5.74, 6) is -0.0762. The van der Waals surface area contributed by atoms with Gasteiger partial charge in [0.25, 0.3) is 0 Å². The first-order valence-corrected chi connectivity index (χ1v) is 6.97. The molecule has 106 valence electrons. The van der Waals surface area contributed by atoms with Crippen LogP contribution in [-0.2, 0) is 18.4 Å². The molecule has 0 aromatic carbocycles. The van der Waals surface area contributed by atoms with Gasteiger partial charge in [0, 0.05) is 24.8 Å². The Labute approximate surface area is 114 Å². The van der Waals surface area contributed by atoms with Crippen LogP contribution in [0.3, 0.4) is 0 Å². The van der Waals surface area contributed by atoms with Crippen molar-refractivity contribution in [3.8, 4) is 0 Å². The highest BCUT2D eigenvalue weighted by molar-refractivity contribution is 5.77. The third-order valence-electron chi connectivity index (χ3n) is 4.09. The molecule has 0 radical (unpaired) electrons. The molecule has 5 nitrogen and oxygen atoms in total. The highest BCUT2D eigenvalue weighted by Crippen LogP contribution is 2.30. The summed E-state index contributed by atoms with van der Waals surface area (Å²) in [6.07, 6.45) is 6.67. The van der Waals surface area contributed by atoms with Crippen LogP contribution in [0.15, 0.2) is 6.20 Å². The molecule has 1 heterocycles. The summed E-state index contributed by atoms with van der Waals surface area (Å²) in [7, 11) is 1.88. The van der Waals surface area contributed by atoms with Crippen molar-refractivity contribution in [3.63, 3.8) is 0 Å². The maximum atomic E-state index is 11.9. The van der Waals surface area contributed by atoms with Gasteiger partial charge in [-0.15, -0.1) is 0 Å². The van der Waals surface area contributed by atoms with Gasteiger partial charge in [-0.3, -0.25) is 9.48 Å². The maximum absolute atomic E-state index is 11.9. The average molecular weight is 265 g/mol. The first-order valence-electron chi connectivity index (χ1n) is 6.97. The fourth-order valence-corrected chi connectivity index (χ4v) is 2.66. The van der Waals surface area contributed by atoms with Crippen LogP contribution in [0, 0.1) is 6.92 Å². The third-order valence-corrected chi connectivity index (χ3v) is 4.09. The van der Waals surface area contributed by atoms with Crippen LogP contribution >= 0.6 is 0 Å². The summed E-state index contributed by atoms with van der Waals surface area (Å²) < 4.78 is 1.79. The van der Waals surface area contributed by atoms with E-state index in [1.165, 1.54) is 6.42 Å². The van der Waals surface area contributed by atoms with Crippen LogP contribution in [0.2, 0.25) is 0 Å². The number of nitrogens with zero attached hydrogens (tertiary/aromatic N) is 2. The number of hydrogen-bond acceptors (Lipinski definition) is 3. The minimum Gasteiger partial charge on any atom is -0.389 e. The van der Waals surface area contributed by atoms with Crippen LogP contribution in [0.5, 0.6) is 0 Å². The Bertz CT molecular complexity index is 448. The average Bonchev–Trinajstić information content (AvgIpc) is 2.68. The van der Waals surface area contributed by atoms with Crippen molar-refractivity contribution in [3.05, 3.63) is 17.5 Å². The summed E-state index contributed by atoms with van der Waals surface area (Å²) in [5, 5.41) is 17.3. The van der Waals surface area contributed by atoms with Crippen LogP contribution in [0.25, 0.3) is 0 Å². The standard InChI is InChI=1S/C14H23N3O2/c1-11-12(10-16-17(11)2)9-15-13(18)8-14(19)6-4-3-5-7-14/h10,19H,3-9H2,1-2H3,(H,15,18). The Kier molecular flexibility index (Phi) is 4.24. The van der Waals surface area contributed by atoms with Crippen molar-refractivity contribution >= 4 is 5.91 Å². The molecule has 1 saturated carbocycles. The van der Waals surface area contributed by atoms with E-state index in [-0.39, 0.29) is 12.3 Å². The Morgan fingerprint density at radius 1 is 1.47 bits per heavy atom. The molecular formula is C14H23N3O2. The summed E-state index contributed by atoms with van der Waals surface area (Å²) in [5.41, 5.74) is 1.29. The molecule has 1 fully saturated rings. The third kappa shape index (κ3) is 3.56. The Hall–Kier alpha value is -1.36. The van der Waals surface area contributed by atoms with E-state index in [0.29, 0.717) is 6.54 Å². The number of carbonyl (C=O) groups is 1. The summed E-state index contributed by atoms with van der Waals surface area (Å²) in [6, 6.07) is 0. The lowest BCUT2D eigenvalue weighted by Gasteiger charge is -2.31. The first-order chi connectivity index (χ1) is 9.00. The van der Waals surface area contributed by atoms with Gasteiger partial charge < -0.3 is 10.4 Å². The van der Waals surface area contributed by atoms with Crippen molar-refractivity contribution < 1.29 is 9.90 Å². The van der Waals surface area contributed by atoms with E-state index in [2.05, 4.69) is 10.4 Å². The molecule has 0 unspecified atom stereocenters. The second-order valence-electron chi connectivity index (χ2n) is 5.62. The monoisotopic (exact) mass is 265 g/mol. The second-order valence-corrected chi connectivity index (χ2v) is 5.62. The molecule has 0 aliphatic heterocycles. The molecule has 0 spiro atoms. The van der Waals surface area contributed by atoms with E-state index >= 15 is 0 Å². The number of aryl methyl sites for hydroxylation is 1. The van der Waals surface area contributed by atoms with E-state index in [1.807, 2.05) is 14.0 Å². The topological polar surface area (TPSA) is 67.2 Å². The zero-order valence-electron chi connectivity index (χ0n) is 11.8. The van der Waals surface area contributed by atoms with Gasteiger partial charge >= 0.3 is 0 Å². The predicted molar refractivity (Wildman–Crippen MR) is 72.4 cm³/mol. The lowest BCUT2D eigenvalue weighted by atomic mass is 9.82. The molecule has 0 atom stereocenters. The normalized spacial score (nSPS) is 18.3. The van der Waals surface area contributed by atoms with Crippen LogP contribution in [-0.4, -0.2) is 26.4 Å². The number of aliphatic hydroxyl groups is 1. The van der Waals surface area contributed by atoms with Crippen molar-refractivity contribution in [1.82, 2.24) is 15.1 Å². The highest BCUT2D eigenvalue weighted by atomic mass is 16.3. The Balaban J connectivity index is 1.83. The Morgan fingerprint density at radius 2 is 2.16 bits per heavy atom. The molecule has 1 aromatic heterocycles. The lowest BCUT2D eigenvalue weighted by molar-refractivity contribution is -0.127. The summed E-state index contributed by atoms with van der Waals surface area (Å²) in [6.45, 7) is 2.46. The van der Waals surface area contributed by atoms with Gasteiger partial charge in [0.15, 0.2) is 0 Å². The second kappa shape index (κ2) is 5.74. The smallest absolute Gasteiger partial charge is 0.223 e. The van der Waals surface area contributed by atoms with Crippen LogP contribution < -0.4 is 5.32 Å². The van der Waals surface area contributed by atoms with E-state index in [0.717, 1.165) is 36.9 Å². The molecule has 1 aromatic rings. The van der Waals surface area contributed by atoms with Gasteiger partial charge in [-0.1, -0.05) is 19.3 Å². The minimum atomic E-state index is -0.785. The van der Waals surface area contributed by atoms with Crippen molar-refractivity contribution in [1.29, 1.82) is 0 Å². The molecule has 1 amide bonds. The van der Waals surface area contributed by atoms with E-state index < -0.39 is 5.60 Å². The molecule has 0 saturated heterocycles. The van der Waals surface area contributed by atoms with Crippen molar-refractivity contribution in [2.75, 3.05) is 0 Å². The SMILES string of the molecule is Cc1c(CNC(=O)CC2(O)CCCCC2)cnn1C. The fourth-order valence-electron chi connectivity index (χ4n) is 2.66. The van der Waals surface area contributed by atoms with Gasteiger partial charge in [0.05, 0.1) is 18.2 Å². The number of nitrogens with one attached hydrogen (secondary N) is 1. The summed E-state index contributed by atoms with van der Waals surface area (Å²) in [4.78, 5) is 11.9. The van der Waals surface area contributed by atoms with E-state index in [4.69, 9.17) is 0 Å². The molecular weight excluding hydrogens is 242 g/mol. The number of aromatic nitrogens is 2. The van der Waals surface area contributed by atoms with Gasteiger partial charge in [-0.2, -0.15) is 5.10 Å². The van der Waals surface area contributed by atoms with Crippen LogP contribution in [0.4, 0.5) is 0 Å². The van der Waals surface area contributed by atoms with Gasteiger partial charge in [-0.25, -0.2) is 0 Å². The minimum absolute atomic E-state index is 0.0762. The first kappa shape index (κ1) is 14.1. The predicted octanol–water partition coefficient (Wildman–Crippen LogP) is 1.43. The Morgan fingerprint density at radius 3 is 2.74 bits per heavy atom. The molecule has 1 aliphatic carbocycles. The van der Waals surface area contributed by atoms with Gasteiger partial charge in [-0.05, 0) is 19.8 Å². The largest absolute Gasteiger partial charge is 0.389 e. The van der Waals surface area contributed by atoms with Gasteiger partial charge in [0.2, 0.25) is 5.91 Å². The zero-order valence-corrected chi connectivity index (χ0v) is 11.8. The number of rotatable bonds is 4. The molecule has 5 heteroatoms.